The average Bonchev–Trinajstić information content (AvgIpc) is 2.63. The molecule has 3 nitrogen and oxygen atoms in total. The fraction of sp³-hybridized carbons (Fsp3) is 0.0952. The van der Waals surface area contributed by atoms with Gasteiger partial charge in [-0.05, 0) is 47.8 Å². The molecular weight excluding hydrogens is 294 g/mol. The van der Waals surface area contributed by atoms with E-state index in [9.17, 15) is 0 Å². The van der Waals surface area contributed by atoms with Crippen molar-refractivity contribution in [1.82, 2.24) is 9.97 Å². The van der Waals surface area contributed by atoms with E-state index in [1.165, 1.54) is 16.8 Å². The number of rotatable bonds is 2. The van der Waals surface area contributed by atoms with Gasteiger partial charge in [0.25, 0.3) is 6.33 Å². The number of hydrogen-bond acceptors (Lipinski definition) is 2. The molecule has 24 heavy (non-hydrogen) atoms. The van der Waals surface area contributed by atoms with Crippen molar-refractivity contribution in [2.75, 3.05) is 0 Å². The van der Waals surface area contributed by atoms with E-state index in [0.717, 1.165) is 22.2 Å². The first-order chi connectivity index (χ1) is 11.7. The lowest BCUT2D eigenvalue weighted by molar-refractivity contribution is -0.662. The molecule has 0 amide bonds. The lowest BCUT2D eigenvalue weighted by Crippen LogP contribution is -2.31. The SMILES string of the molecule is Cc1ccccc1-c1c2cc(-c3ccccn3)ccc2nc[n+]1C. The maximum atomic E-state index is 4.57. The smallest absolute Gasteiger partial charge is 0.256 e. The van der Waals surface area contributed by atoms with Crippen LogP contribution in [0.1, 0.15) is 5.56 Å². The van der Waals surface area contributed by atoms with Crippen LogP contribution >= 0.6 is 0 Å². The van der Waals surface area contributed by atoms with Crippen molar-refractivity contribution in [3.63, 3.8) is 0 Å². The number of aromatic nitrogens is 3. The van der Waals surface area contributed by atoms with Gasteiger partial charge in [-0.15, -0.1) is 0 Å². The van der Waals surface area contributed by atoms with Crippen LogP contribution in [0.15, 0.2) is 73.2 Å². The van der Waals surface area contributed by atoms with Gasteiger partial charge in [0.1, 0.15) is 5.69 Å². The largest absolute Gasteiger partial charge is 0.287 e. The van der Waals surface area contributed by atoms with Crippen LogP contribution in [0.3, 0.4) is 0 Å². The number of nitrogens with zero attached hydrogens (tertiary/aromatic N) is 3. The topological polar surface area (TPSA) is 29.7 Å². The lowest BCUT2D eigenvalue weighted by atomic mass is 9.99. The first kappa shape index (κ1) is 14.5. The van der Waals surface area contributed by atoms with Crippen LogP contribution < -0.4 is 4.57 Å². The summed E-state index contributed by atoms with van der Waals surface area (Å²) in [5.74, 6) is 0. The standard InChI is InChI=1S/C21H18N3/c1-15-7-3-4-8-17(15)21-18-13-16(19-9-5-6-12-22-19)10-11-20(18)23-14-24(21)2/h3-14H,1-2H3/q+1. The van der Waals surface area contributed by atoms with Gasteiger partial charge in [0.2, 0.25) is 0 Å². The summed E-state index contributed by atoms with van der Waals surface area (Å²) in [4.78, 5) is 9.04. The first-order valence-corrected chi connectivity index (χ1v) is 8.00. The van der Waals surface area contributed by atoms with E-state index in [1.54, 1.807) is 0 Å². The minimum absolute atomic E-state index is 0.974. The fourth-order valence-corrected chi connectivity index (χ4v) is 3.10. The summed E-state index contributed by atoms with van der Waals surface area (Å²) in [5, 5.41) is 1.14. The molecule has 0 aliphatic heterocycles. The first-order valence-electron chi connectivity index (χ1n) is 8.00. The molecular formula is C21H18N3+. The molecule has 0 unspecified atom stereocenters. The summed E-state index contributed by atoms with van der Waals surface area (Å²) < 4.78 is 2.09. The second-order valence-electron chi connectivity index (χ2n) is 5.97. The molecule has 116 valence electrons. The van der Waals surface area contributed by atoms with Gasteiger partial charge in [-0.25, -0.2) is 4.57 Å². The van der Waals surface area contributed by atoms with Crippen LogP contribution in [0, 0.1) is 6.92 Å². The predicted molar refractivity (Wildman–Crippen MR) is 96.3 cm³/mol. The summed E-state index contributed by atoms with van der Waals surface area (Å²) in [6.07, 6.45) is 3.70. The van der Waals surface area contributed by atoms with Crippen LogP contribution in [0.25, 0.3) is 33.4 Å². The van der Waals surface area contributed by atoms with Gasteiger partial charge in [0, 0.05) is 17.3 Å². The van der Waals surface area contributed by atoms with E-state index < -0.39 is 0 Å². The Morgan fingerprint density at radius 3 is 2.50 bits per heavy atom. The van der Waals surface area contributed by atoms with Crippen molar-refractivity contribution in [2.24, 2.45) is 7.05 Å². The van der Waals surface area contributed by atoms with E-state index in [2.05, 4.69) is 63.9 Å². The lowest BCUT2D eigenvalue weighted by Gasteiger charge is -2.09. The minimum atomic E-state index is 0.974. The third-order valence-corrected chi connectivity index (χ3v) is 4.34. The van der Waals surface area contributed by atoms with Crippen LogP contribution in [0.4, 0.5) is 0 Å². The number of hydrogen-bond donors (Lipinski definition) is 0. The Bertz CT molecular complexity index is 1020. The zero-order valence-electron chi connectivity index (χ0n) is 13.8. The number of pyridine rings is 1. The Kier molecular flexibility index (Phi) is 3.54. The zero-order chi connectivity index (χ0) is 16.5. The van der Waals surface area contributed by atoms with Crippen molar-refractivity contribution in [1.29, 1.82) is 0 Å². The molecule has 0 radical (unpaired) electrons. The Morgan fingerprint density at radius 1 is 0.875 bits per heavy atom. The number of fused-ring (bicyclic) bond motifs is 1. The van der Waals surface area contributed by atoms with E-state index in [4.69, 9.17) is 0 Å². The van der Waals surface area contributed by atoms with Crippen LogP contribution in [0.5, 0.6) is 0 Å². The highest BCUT2D eigenvalue weighted by molar-refractivity contribution is 5.93. The molecule has 4 aromatic rings. The van der Waals surface area contributed by atoms with E-state index >= 15 is 0 Å². The molecule has 2 heterocycles. The van der Waals surface area contributed by atoms with E-state index in [0.29, 0.717) is 0 Å². The summed E-state index contributed by atoms with van der Waals surface area (Å²) in [7, 11) is 2.04. The molecule has 2 aromatic carbocycles. The number of aryl methyl sites for hydroxylation is 2. The zero-order valence-corrected chi connectivity index (χ0v) is 13.8. The highest BCUT2D eigenvalue weighted by Crippen LogP contribution is 2.29. The maximum Gasteiger partial charge on any atom is 0.287 e. The van der Waals surface area contributed by atoms with Crippen LogP contribution in [0.2, 0.25) is 0 Å². The third-order valence-electron chi connectivity index (χ3n) is 4.34. The van der Waals surface area contributed by atoms with Gasteiger partial charge >= 0.3 is 0 Å². The molecule has 4 rings (SSSR count). The molecule has 0 bridgehead atoms. The van der Waals surface area contributed by atoms with Crippen molar-refractivity contribution < 1.29 is 4.57 Å². The Balaban J connectivity index is 2.02. The van der Waals surface area contributed by atoms with Crippen LogP contribution in [-0.4, -0.2) is 9.97 Å². The monoisotopic (exact) mass is 312 g/mol. The molecule has 0 saturated carbocycles. The molecule has 0 aliphatic carbocycles. The second-order valence-corrected chi connectivity index (χ2v) is 5.97. The molecule has 2 aromatic heterocycles. The molecule has 3 heteroatoms. The molecule has 0 aliphatic rings. The Labute approximate surface area is 141 Å². The van der Waals surface area contributed by atoms with E-state index in [1.807, 2.05) is 37.8 Å². The second kappa shape index (κ2) is 5.85. The summed E-state index contributed by atoms with van der Waals surface area (Å²) in [6.45, 7) is 2.14. The number of benzene rings is 2. The molecule has 0 saturated heterocycles. The van der Waals surface area contributed by atoms with Crippen molar-refractivity contribution >= 4 is 10.9 Å². The van der Waals surface area contributed by atoms with Gasteiger partial charge in [-0.1, -0.05) is 30.3 Å². The molecule has 0 atom stereocenters. The minimum Gasteiger partial charge on any atom is -0.256 e. The normalized spacial score (nSPS) is 10.9. The predicted octanol–water partition coefficient (Wildman–Crippen LogP) is 4.10. The Morgan fingerprint density at radius 2 is 1.71 bits per heavy atom. The summed E-state index contributed by atoms with van der Waals surface area (Å²) in [5.41, 5.74) is 6.73. The van der Waals surface area contributed by atoms with Crippen molar-refractivity contribution in [3.8, 4) is 22.5 Å². The summed E-state index contributed by atoms with van der Waals surface area (Å²) in [6, 6.07) is 20.8. The molecule has 0 fully saturated rings. The Hall–Kier alpha value is -3.07. The van der Waals surface area contributed by atoms with Crippen molar-refractivity contribution in [3.05, 3.63) is 78.8 Å². The van der Waals surface area contributed by atoms with Gasteiger partial charge in [-0.2, -0.15) is 0 Å². The van der Waals surface area contributed by atoms with Gasteiger partial charge < -0.3 is 0 Å². The van der Waals surface area contributed by atoms with Gasteiger partial charge in [0.05, 0.1) is 18.1 Å². The summed E-state index contributed by atoms with van der Waals surface area (Å²) >= 11 is 0. The quantitative estimate of drug-likeness (QED) is 0.522. The highest BCUT2D eigenvalue weighted by Gasteiger charge is 2.17. The third kappa shape index (κ3) is 2.44. The van der Waals surface area contributed by atoms with E-state index in [-0.39, 0.29) is 0 Å². The fourth-order valence-electron chi connectivity index (χ4n) is 3.10. The average molecular weight is 312 g/mol. The maximum absolute atomic E-state index is 4.57. The molecule has 0 spiro atoms. The molecule has 0 N–H and O–H groups in total. The van der Waals surface area contributed by atoms with Crippen LogP contribution in [-0.2, 0) is 7.05 Å². The van der Waals surface area contributed by atoms with Crippen molar-refractivity contribution in [2.45, 2.75) is 6.92 Å². The van der Waals surface area contributed by atoms with Gasteiger partial charge in [-0.3, -0.25) is 4.98 Å². The van der Waals surface area contributed by atoms with Gasteiger partial charge in [0.15, 0.2) is 5.52 Å². The highest BCUT2D eigenvalue weighted by atomic mass is 15.0.